The molecule has 1 aliphatic rings. The highest BCUT2D eigenvalue weighted by Gasteiger charge is 2.24. The molecular weight excluding hydrogens is 208 g/mol. The predicted molar refractivity (Wildman–Crippen MR) is 71.1 cm³/mol. The molecule has 0 aromatic rings. The van der Waals surface area contributed by atoms with Gasteiger partial charge < -0.3 is 0 Å². The number of rotatable bonds is 3. The van der Waals surface area contributed by atoms with Crippen LogP contribution in [0.15, 0.2) is 34.8 Å². The fourth-order valence-electron chi connectivity index (χ4n) is 1.79. The second-order valence-corrected chi connectivity index (χ2v) is 5.39. The maximum atomic E-state index is 4.63. The van der Waals surface area contributed by atoms with Gasteiger partial charge in [-0.25, -0.2) is 0 Å². The van der Waals surface area contributed by atoms with Crippen LogP contribution in [-0.4, -0.2) is 11.0 Å². The summed E-state index contributed by atoms with van der Waals surface area (Å²) in [7, 11) is 0. The van der Waals surface area contributed by atoms with Gasteiger partial charge >= 0.3 is 0 Å². The topological polar surface area (TPSA) is 0 Å². The minimum atomic E-state index is 0.381. The average Bonchev–Trinajstić information content (AvgIpc) is 2.14. The molecular formula is C12H18S2. The third-order valence-corrected chi connectivity index (χ3v) is 4.80. The van der Waals surface area contributed by atoms with E-state index in [-0.39, 0.29) is 0 Å². The number of thioether (sulfide) groups is 1. The number of allylic oxidation sites excluding steroid dienone is 3. The first-order valence-corrected chi connectivity index (χ1v) is 6.38. The first kappa shape index (κ1) is 12.0. The van der Waals surface area contributed by atoms with Crippen molar-refractivity contribution in [2.24, 2.45) is 5.92 Å². The molecule has 0 radical (unpaired) electrons. The fraction of sp³-hybridized carbons (Fsp3) is 0.500. The summed E-state index contributed by atoms with van der Waals surface area (Å²) in [6.45, 7) is 10.3. The lowest BCUT2D eigenvalue weighted by Crippen LogP contribution is -2.18. The normalized spacial score (nSPS) is 27.6. The van der Waals surface area contributed by atoms with Crippen LogP contribution in [0.4, 0.5) is 0 Å². The minimum absolute atomic E-state index is 0.381. The molecule has 0 N–H and O–H groups in total. The van der Waals surface area contributed by atoms with Crippen molar-refractivity contribution in [3.8, 4) is 0 Å². The van der Waals surface area contributed by atoms with Crippen LogP contribution in [-0.2, 0) is 0 Å². The van der Waals surface area contributed by atoms with Gasteiger partial charge in [0.15, 0.2) is 0 Å². The molecule has 78 valence electrons. The summed E-state index contributed by atoms with van der Waals surface area (Å²) in [4.78, 5) is 1.47. The summed E-state index contributed by atoms with van der Waals surface area (Å²) >= 11 is 6.52. The molecule has 0 aliphatic heterocycles. The van der Waals surface area contributed by atoms with Gasteiger partial charge in [-0.15, -0.1) is 18.3 Å². The highest BCUT2D eigenvalue weighted by Crippen LogP contribution is 2.38. The van der Waals surface area contributed by atoms with Gasteiger partial charge in [-0.3, -0.25) is 0 Å². The van der Waals surface area contributed by atoms with Gasteiger partial charge in [-0.1, -0.05) is 24.6 Å². The summed E-state index contributed by atoms with van der Waals surface area (Å²) in [6, 6.07) is 0. The van der Waals surface area contributed by atoms with Crippen LogP contribution < -0.4 is 0 Å². The van der Waals surface area contributed by atoms with Crippen LogP contribution in [0.1, 0.15) is 20.8 Å². The van der Waals surface area contributed by atoms with Crippen molar-refractivity contribution in [1.82, 2.24) is 0 Å². The molecule has 0 aromatic heterocycles. The molecule has 1 aliphatic carbocycles. The monoisotopic (exact) mass is 226 g/mol. The van der Waals surface area contributed by atoms with Crippen molar-refractivity contribution < 1.29 is 0 Å². The Hall–Kier alpha value is -0.0800. The Morgan fingerprint density at radius 3 is 2.79 bits per heavy atom. The van der Waals surface area contributed by atoms with Crippen molar-refractivity contribution in [3.05, 3.63) is 34.8 Å². The quantitative estimate of drug-likeness (QED) is 0.559. The number of thiol groups is 1. The van der Waals surface area contributed by atoms with Crippen LogP contribution in [0, 0.1) is 5.92 Å². The fourth-order valence-corrected chi connectivity index (χ4v) is 3.10. The SMILES string of the molecule is C=CCSC1=C(C)C=C(C)[C@@H](S)[C@H]1C. The van der Waals surface area contributed by atoms with Gasteiger partial charge in [-0.05, 0) is 24.3 Å². The summed E-state index contributed by atoms with van der Waals surface area (Å²) < 4.78 is 0. The Morgan fingerprint density at radius 1 is 1.57 bits per heavy atom. The lowest BCUT2D eigenvalue weighted by molar-refractivity contribution is 0.708. The smallest absolute Gasteiger partial charge is 0.0297 e. The van der Waals surface area contributed by atoms with Crippen LogP contribution in [0.5, 0.6) is 0 Å². The molecule has 0 amide bonds. The molecule has 0 bridgehead atoms. The summed E-state index contributed by atoms with van der Waals surface area (Å²) in [5, 5.41) is 0.381. The molecule has 0 aromatic carbocycles. The Labute approximate surface area is 97.0 Å². The molecule has 0 fully saturated rings. The van der Waals surface area contributed by atoms with Crippen molar-refractivity contribution in [3.63, 3.8) is 0 Å². The third kappa shape index (κ3) is 2.48. The van der Waals surface area contributed by atoms with E-state index >= 15 is 0 Å². The van der Waals surface area contributed by atoms with Crippen molar-refractivity contribution >= 4 is 24.4 Å². The van der Waals surface area contributed by atoms with Gasteiger partial charge in [0.2, 0.25) is 0 Å². The van der Waals surface area contributed by atoms with Crippen molar-refractivity contribution in [1.29, 1.82) is 0 Å². The third-order valence-electron chi connectivity index (χ3n) is 2.54. The van der Waals surface area contributed by atoms with E-state index in [0.29, 0.717) is 11.2 Å². The second-order valence-electron chi connectivity index (χ2n) is 3.77. The highest BCUT2D eigenvalue weighted by atomic mass is 32.2. The molecule has 2 atom stereocenters. The molecule has 14 heavy (non-hydrogen) atoms. The lowest BCUT2D eigenvalue weighted by atomic mass is 9.92. The van der Waals surface area contributed by atoms with Gasteiger partial charge in [0.1, 0.15) is 0 Å². The zero-order valence-electron chi connectivity index (χ0n) is 9.08. The predicted octanol–water partition coefficient (Wildman–Crippen LogP) is 4.07. The van der Waals surface area contributed by atoms with Gasteiger partial charge in [-0.2, -0.15) is 12.6 Å². The minimum Gasteiger partial charge on any atom is -0.171 e. The lowest BCUT2D eigenvalue weighted by Gasteiger charge is -2.28. The van der Waals surface area contributed by atoms with E-state index in [1.165, 1.54) is 16.1 Å². The summed E-state index contributed by atoms with van der Waals surface area (Å²) in [6.07, 6.45) is 4.21. The van der Waals surface area contributed by atoms with E-state index in [1.54, 1.807) is 0 Å². The molecule has 1 rings (SSSR count). The Balaban J connectivity index is 2.88. The van der Waals surface area contributed by atoms with Crippen LogP contribution in [0.2, 0.25) is 0 Å². The highest BCUT2D eigenvalue weighted by molar-refractivity contribution is 8.03. The van der Waals surface area contributed by atoms with E-state index < -0.39 is 0 Å². The van der Waals surface area contributed by atoms with Crippen molar-refractivity contribution in [2.45, 2.75) is 26.0 Å². The standard InChI is InChI=1S/C12H18S2/c1-5-6-14-12-9(3)7-8(2)11(13)10(12)4/h5,7,10-11,13H,1,6H2,2-4H3/t10-,11-/m1/s1. The van der Waals surface area contributed by atoms with Gasteiger partial charge in [0, 0.05) is 16.9 Å². The Bertz CT molecular complexity index is 287. The maximum absolute atomic E-state index is 4.63. The zero-order chi connectivity index (χ0) is 10.7. The van der Waals surface area contributed by atoms with E-state index in [2.05, 4.69) is 46.1 Å². The summed E-state index contributed by atoms with van der Waals surface area (Å²) in [5.74, 6) is 1.53. The van der Waals surface area contributed by atoms with E-state index in [4.69, 9.17) is 0 Å². The molecule has 0 saturated carbocycles. The molecule has 2 heteroatoms. The van der Waals surface area contributed by atoms with E-state index in [0.717, 1.165) is 5.75 Å². The average molecular weight is 226 g/mol. The number of hydrogen-bond donors (Lipinski definition) is 1. The Morgan fingerprint density at radius 2 is 2.21 bits per heavy atom. The first-order chi connectivity index (χ1) is 6.57. The van der Waals surface area contributed by atoms with Crippen LogP contribution >= 0.6 is 24.4 Å². The van der Waals surface area contributed by atoms with E-state index in [9.17, 15) is 0 Å². The largest absolute Gasteiger partial charge is 0.171 e. The van der Waals surface area contributed by atoms with Crippen LogP contribution in [0.25, 0.3) is 0 Å². The van der Waals surface area contributed by atoms with Crippen molar-refractivity contribution in [2.75, 3.05) is 5.75 Å². The molecule has 0 nitrogen and oxygen atoms in total. The van der Waals surface area contributed by atoms with Gasteiger partial charge in [0.05, 0.1) is 0 Å². The molecule has 0 unspecified atom stereocenters. The summed E-state index contributed by atoms with van der Waals surface area (Å²) in [5.41, 5.74) is 2.77. The molecule has 0 spiro atoms. The van der Waals surface area contributed by atoms with Crippen LogP contribution in [0.3, 0.4) is 0 Å². The zero-order valence-corrected chi connectivity index (χ0v) is 10.8. The van der Waals surface area contributed by atoms with Gasteiger partial charge in [0.25, 0.3) is 0 Å². The first-order valence-electron chi connectivity index (χ1n) is 4.88. The maximum Gasteiger partial charge on any atom is 0.0297 e. The number of hydrogen-bond acceptors (Lipinski definition) is 2. The Kier molecular flexibility index (Phi) is 4.39. The molecule has 0 heterocycles. The van der Waals surface area contributed by atoms with E-state index in [1.807, 2.05) is 17.8 Å². The second kappa shape index (κ2) is 5.13. The molecule has 0 saturated heterocycles.